The van der Waals surface area contributed by atoms with Gasteiger partial charge in [-0.2, -0.15) is 0 Å². The summed E-state index contributed by atoms with van der Waals surface area (Å²) in [5.74, 6) is 0.247. The maximum Gasteiger partial charge on any atom is 0.167 e. The quantitative estimate of drug-likeness (QED) is 0.785. The van der Waals surface area contributed by atoms with Gasteiger partial charge in [0.05, 0.1) is 14.2 Å². The summed E-state index contributed by atoms with van der Waals surface area (Å²) in [6.45, 7) is 0. The molecule has 0 N–H and O–H groups in total. The van der Waals surface area contributed by atoms with Gasteiger partial charge in [-0.1, -0.05) is 12.1 Å². The molecule has 0 spiro atoms. The summed E-state index contributed by atoms with van der Waals surface area (Å²) in [5.41, 5.74) is 1.30. The van der Waals surface area contributed by atoms with E-state index < -0.39 is 5.82 Å². The van der Waals surface area contributed by atoms with E-state index in [-0.39, 0.29) is 18.0 Å². The van der Waals surface area contributed by atoms with E-state index in [0.717, 1.165) is 11.3 Å². The van der Waals surface area contributed by atoms with Crippen LogP contribution < -0.4 is 9.47 Å². The Hall–Kier alpha value is -2.36. The standard InChI is InChI=1S/C16H15FO3/c1-19-13-6-3-11(4-7-13)9-15(18)12-5-8-14(17)16(10-12)20-2/h3-8,10H,9H2,1-2H3. The Bertz CT molecular complexity index is 606. The lowest BCUT2D eigenvalue weighted by Crippen LogP contribution is -2.04. The molecule has 0 unspecified atom stereocenters. The van der Waals surface area contributed by atoms with Crippen molar-refractivity contribution in [3.8, 4) is 11.5 Å². The molecule has 0 atom stereocenters. The van der Waals surface area contributed by atoms with Crippen LogP contribution in [0.15, 0.2) is 42.5 Å². The Kier molecular flexibility index (Phi) is 4.35. The van der Waals surface area contributed by atoms with Crippen molar-refractivity contribution in [2.24, 2.45) is 0 Å². The molecule has 0 saturated heterocycles. The molecular formula is C16H15FO3. The van der Waals surface area contributed by atoms with Crippen LogP contribution in [-0.4, -0.2) is 20.0 Å². The number of carbonyl (C=O) groups is 1. The van der Waals surface area contributed by atoms with Gasteiger partial charge in [-0.05, 0) is 35.9 Å². The zero-order chi connectivity index (χ0) is 14.5. The predicted octanol–water partition coefficient (Wildman–Crippen LogP) is 3.27. The minimum atomic E-state index is -0.478. The number of hydrogen-bond acceptors (Lipinski definition) is 3. The zero-order valence-corrected chi connectivity index (χ0v) is 11.4. The molecule has 104 valence electrons. The second kappa shape index (κ2) is 6.19. The molecule has 4 heteroatoms. The van der Waals surface area contributed by atoms with E-state index in [2.05, 4.69) is 0 Å². The lowest BCUT2D eigenvalue weighted by Gasteiger charge is -2.06. The summed E-state index contributed by atoms with van der Waals surface area (Å²) < 4.78 is 23.2. The average molecular weight is 274 g/mol. The molecule has 0 fully saturated rings. The molecule has 0 radical (unpaired) electrons. The third-order valence-corrected chi connectivity index (χ3v) is 3.00. The Labute approximate surface area is 117 Å². The molecule has 0 amide bonds. The molecule has 0 heterocycles. The molecule has 3 nitrogen and oxygen atoms in total. The molecule has 0 saturated carbocycles. The van der Waals surface area contributed by atoms with E-state index in [1.54, 1.807) is 19.2 Å². The molecule has 2 aromatic carbocycles. The number of methoxy groups -OCH3 is 2. The molecular weight excluding hydrogens is 259 g/mol. The first-order chi connectivity index (χ1) is 9.63. The zero-order valence-electron chi connectivity index (χ0n) is 11.4. The van der Waals surface area contributed by atoms with Crippen molar-refractivity contribution in [3.63, 3.8) is 0 Å². The molecule has 0 aliphatic rings. The van der Waals surface area contributed by atoms with Gasteiger partial charge in [0.1, 0.15) is 5.75 Å². The number of rotatable bonds is 5. The third-order valence-electron chi connectivity index (χ3n) is 3.00. The Morgan fingerprint density at radius 1 is 1.05 bits per heavy atom. The SMILES string of the molecule is COc1ccc(CC(=O)c2ccc(F)c(OC)c2)cc1. The van der Waals surface area contributed by atoms with Crippen LogP contribution in [0.1, 0.15) is 15.9 Å². The highest BCUT2D eigenvalue weighted by Gasteiger charge is 2.11. The van der Waals surface area contributed by atoms with Gasteiger partial charge in [-0.25, -0.2) is 4.39 Å². The Balaban J connectivity index is 2.14. The Morgan fingerprint density at radius 2 is 1.75 bits per heavy atom. The van der Waals surface area contributed by atoms with Crippen molar-refractivity contribution in [2.75, 3.05) is 14.2 Å². The van der Waals surface area contributed by atoms with Crippen LogP contribution in [0, 0.1) is 5.82 Å². The van der Waals surface area contributed by atoms with Crippen molar-refractivity contribution in [1.82, 2.24) is 0 Å². The average Bonchev–Trinajstić information content (AvgIpc) is 2.48. The lowest BCUT2D eigenvalue weighted by molar-refractivity contribution is 0.0992. The van der Waals surface area contributed by atoms with Gasteiger partial charge in [0.25, 0.3) is 0 Å². The van der Waals surface area contributed by atoms with Crippen molar-refractivity contribution < 1.29 is 18.7 Å². The molecule has 20 heavy (non-hydrogen) atoms. The predicted molar refractivity (Wildman–Crippen MR) is 74.0 cm³/mol. The van der Waals surface area contributed by atoms with Crippen LogP contribution in [0.5, 0.6) is 11.5 Å². The summed E-state index contributed by atoms with van der Waals surface area (Å²) in [7, 11) is 2.96. The van der Waals surface area contributed by atoms with E-state index in [9.17, 15) is 9.18 Å². The van der Waals surface area contributed by atoms with Crippen LogP contribution in [-0.2, 0) is 6.42 Å². The number of carbonyl (C=O) groups excluding carboxylic acids is 1. The van der Waals surface area contributed by atoms with Crippen molar-refractivity contribution in [3.05, 3.63) is 59.4 Å². The number of hydrogen-bond donors (Lipinski definition) is 0. The second-order valence-corrected chi connectivity index (χ2v) is 4.30. The van der Waals surface area contributed by atoms with Gasteiger partial charge in [0.2, 0.25) is 0 Å². The third kappa shape index (κ3) is 3.15. The van der Waals surface area contributed by atoms with Crippen molar-refractivity contribution in [1.29, 1.82) is 0 Å². The van der Waals surface area contributed by atoms with Crippen LogP contribution >= 0.6 is 0 Å². The fourth-order valence-corrected chi connectivity index (χ4v) is 1.86. The number of halogens is 1. The Morgan fingerprint density at radius 3 is 2.35 bits per heavy atom. The lowest BCUT2D eigenvalue weighted by atomic mass is 10.0. The second-order valence-electron chi connectivity index (χ2n) is 4.30. The van der Waals surface area contributed by atoms with E-state index >= 15 is 0 Å². The maximum absolute atomic E-state index is 13.3. The highest BCUT2D eigenvalue weighted by atomic mass is 19.1. The van der Waals surface area contributed by atoms with E-state index in [0.29, 0.717) is 5.56 Å². The first kappa shape index (κ1) is 14.1. The van der Waals surface area contributed by atoms with E-state index in [1.807, 2.05) is 12.1 Å². The monoisotopic (exact) mass is 274 g/mol. The van der Waals surface area contributed by atoms with Crippen molar-refractivity contribution >= 4 is 5.78 Å². The number of ketones is 1. The normalized spacial score (nSPS) is 10.2. The highest BCUT2D eigenvalue weighted by molar-refractivity contribution is 5.97. The smallest absolute Gasteiger partial charge is 0.167 e. The first-order valence-electron chi connectivity index (χ1n) is 6.13. The van der Waals surface area contributed by atoms with Crippen LogP contribution in [0.2, 0.25) is 0 Å². The summed E-state index contributed by atoms with van der Waals surface area (Å²) in [5, 5.41) is 0. The molecule has 2 aromatic rings. The maximum atomic E-state index is 13.3. The van der Waals surface area contributed by atoms with Gasteiger partial charge in [0, 0.05) is 12.0 Å². The highest BCUT2D eigenvalue weighted by Crippen LogP contribution is 2.20. The minimum Gasteiger partial charge on any atom is -0.497 e. The largest absolute Gasteiger partial charge is 0.497 e. The van der Waals surface area contributed by atoms with Crippen LogP contribution in [0.4, 0.5) is 4.39 Å². The van der Waals surface area contributed by atoms with Gasteiger partial charge < -0.3 is 9.47 Å². The van der Waals surface area contributed by atoms with Gasteiger partial charge in [-0.3, -0.25) is 4.79 Å². The van der Waals surface area contributed by atoms with E-state index in [1.165, 1.54) is 25.3 Å². The van der Waals surface area contributed by atoms with Crippen LogP contribution in [0.3, 0.4) is 0 Å². The first-order valence-corrected chi connectivity index (χ1v) is 6.13. The summed E-state index contributed by atoms with van der Waals surface area (Å²) in [6, 6.07) is 11.4. The van der Waals surface area contributed by atoms with Gasteiger partial charge in [-0.15, -0.1) is 0 Å². The van der Waals surface area contributed by atoms with Crippen molar-refractivity contribution in [2.45, 2.75) is 6.42 Å². The fourth-order valence-electron chi connectivity index (χ4n) is 1.86. The molecule has 0 aromatic heterocycles. The number of Topliss-reactive ketones (excluding diaryl/α,β-unsaturated/α-hetero) is 1. The topological polar surface area (TPSA) is 35.5 Å². The molecule has 0 bridgehead atoms. The molecule has 2 rings (SSSR count). The molecule has 0 aliphatic carbocycles. The minimum absolute atomic E-state index is 0.0746. The summed E-state index contributed by atoms with van der Waals surface area (Å²) >= 11 is 0. The number of ether oxygens (including phenoxy) is 2. The summed E-state index contributed by atoms with van der Waals surface area (Å²) in [4.78, 5) is 12.1. The van der Waals surface area contributed by atoms with Gasteiger partial charge >= 0.3 is 0 Å². The molecule has 0 aliphatic heterocycles. The number of benzene rings is 2. The van der Waals surface area contributed by atoms with E-state index in [4.69, 9.17) is 9.47 Å². The van der Waals surface area contributed by atoms with Crippen LogP contribution in [0.25, 0.3) is 0 Å². The van der Waals surface area contributed by atoms with Gasteiger partial charge in [0.15, 0.2) is 17.3 Å². The summed E-state index contributed by atoms with van der Waals surface area (Å²) in [6.07, 6.45) is 0.249. The fraction of sp³-hybridized carbons (Fsp3) is 0.188.